The van der Waals surface area contributed by atoms with Gasteiger partial charge in [0.2, 0.25) is 10.0 Å². The van der Waals surface area contributed by atoms with Crippen LogP contribution in [0.1, 0.15) is 53.9 Å². The van der Waals surface area contributed by atoms with Crippen molar-refractivity contribution >= 4 is 15.9 Å². The summed E-state index contributed by atoms with van der Waals surface area (Å²) in [6.07, 6.45) is 7.66. The van der Waals surface area contributed by atoms with Crippen LogP contribution in [0.25, 0.3) is 0 Å². The van der Waals surface area contributed by atoms with Crippen LogP contribution < -0.4 is 4.72 Å². The Morgan fingerprint density at radius 1 is 1.30 bits per heavy atom. The molecule has 7 nitrogen and oxygen atoms in total. The van der Waals surface area contributed by atoms with Crippen molar-refractivity contribution in [2.24, 2.45) is 0 Å². The fraction of sp³-hybridized carbons (Fsp3) is 0.733. The van der Waals surface area contributed by atoms with E-state index in [4.69, 9.17) is 4.52 Å². The number of piperidine rings is 1. The zero-order valence-electron chi connectivity index (χ0n) is 13.4. The van der Waals surface area contributed by atoms with Crippen LogP contribution in [-0.4, -0.2) is 49.8 Å². The second kappa shape index (κ2) is 6.60. The van der Waals surface area contributed by atoms with Gasteiger partial charge in [0.05, 0.1) is 6.26 Å². The minimum Gasteiger partial charge on any atom is -0.360 e. The molecule has 8 heteroatoms. The molecule has 2 aliphatic rings. The summed E-state index contributed by atoms with van der Waals surface area (Å²) in [4.78, 5) is 14.7. The summed E-state index contributed by atoms with van der Waals surface area (Å²) in [6, 6.07) is -0.123. The first-order chi connectivity index (χ1) is 11.0. The lowest BCUT2D eigenvalue weighted by molar-refractivity contribution is 0.0607. The summed E-state index contributed by atoms with van der Waals surface area (Å²) in [5, 5.41) is 4.01. The van der Waals surface area contributed by atoms with E-state index in [0.29, 0.717) is 12.2 Å². The lowest BCUT2D eigenvalue weighted by Gasteiger charge is -2.35. The van der Waals surface area contributed by atoms with E-state index in [0.717, 1.165) is 62.5 Å². The van der Waals surface area contributed by atoms with Crippen LogP contribution in [0.2, 0.25) is 0 Å². The maximum absolute atomic E-state index is 12.9. The molecular weight excluding hydrogens is 318 g/mol. The molecule has 1 atom stereocenters. The molecule has 128 valence electrons. The highest BCUT2D eigenvalue weighted by molar-refractivity contribution is 7.88. The van der Waals surface area contributed by atoms with Crippen LogP contribution in [0.5, 0.6) is 0 Å². The smallest absolute Gasteiger partial charge is 0.276 e. The largest absolute Gasteiger partial charge is 0.360 e. The van der Waals surface area contributed by atoms with Crippen LogP contribution in [0, 0.1) is 0 Å². The van der Waals surface area contributed by atoms with Crippen LogP contribution in [0.4, 0.5) is 0 Å². The van der Waals surface area contributed by atoms with Crippen LogP contribution in [-0.2, 0) is 22.9 Å². The number of aryl methyl sites for hydroxylation is 1. The first-order valence-electron chi connectivity index (χ1n) is 8.19. The first-order valence-corrected chi connectivity index (χ1v) is 10.1. The highest BCUT2D eigenvalue weighted by Crippen LogP contribution is 2.27. The summed E-state index contributed by atoms with van der Waals surface area (Å²) >= 11 is 0. The molecule has 1 N–H and O–H groups in total. The molecule has 1 amide bonds. The van der Waals surface area contributed by atoms with Gasteiger partial charge in [0.1, 0.15) is 5.76 Å². The Morgan fingerprint density at radius 3 is 2.87 bits per heavy atom. The van der Waals surface area contributed by atoms with Gasteiger partial charge in [-0.05, 0) is 38.5 Å². The SMILES string of the molecule is CS(=O)(=O)NCC1CCCCN1C(=O)c1noc2c1CCCC2. The van der Waals surface area contributed by atoms with Crippen LogP contribution >= 0.6 is 0 Å². The summed E-state index contributed by atoms with van der Waals surface area (Å²) in [7, 11) is -3.26. The van der Waals surface area contributed by atoms with Crippen molar-refractivity contribution in [3.8, 4) is 0 Å². The normalized spacial score (nSPS) is 22.0. The van der Waals surface area contributed by atoms with E-state index in [1.807, 2.05) is 0 Å². The van der Waals surface area contributed by atoms with E-state index in [-0.39, 0.29) is 18.5 Å². The Morgan fingerprint density at radius 2 is 2.09 bits per heavy atom. The van der Waals surface area contributed by atoms with Crippen molar-refractivity contribution in [2.45, 2.75) is 51.0 Å². The van der Waals surface area contributed by atoms with Gasteiger partial charge in [-0.1, -0.05) is 5.16 Å². The predicted octanol–water partition coefficient (Wildman–Crippen LogP) is 1.10. The van der Waals surface area contributed by atoms with E-state index >= 15 is 0 Å². The third-order valence-corrected chi connectivity index (χ3v) is 5.31. The number of likely N-dealkylation sites (tertiary alicyclic amines) is 1. The lowest BCUT2D eigenvalue weighted by atomic mass is 9.95. The Balaban J connectivity index is 1.77. The minimum absolute atomic E-state index is 0.123. The van der Waals surface area contributed by atoms with Gasteiger partial charge in [0, 0.05) is 31.1 Å². The molecule has 1 aromatic heterocycles. The number of nitrogens with one attached hydrogen (secondary N) is 1. The predicted molar refractivity (Wildman–Crippen MR) is 84.7 cm³/mol. The third-order valence-electron chi connectivity index (χ3n) is 4.62. The first kappa shape index (κ1) is 16.4. The second-order valence-corrected chi connectivity index (χ2v) is 8.24. The van der Waals surface area contributed by atoms with Crippen LogP contribution in [0.15, 0.2) is 4.52 Å². The van der Waals surface area contributed by atoms with E-state index in [9.17, 15) is 13.2 Å². The Bertz CT molecular complexity index is 683. The van der Waals surface area contributed by atoms with Crippen molar-refractivity contribution in [1.82, 2.24) is 14.8 Å². The topological polar surface area (TPSA) is 92.5 Å². The molecule has 1 fully saturated rings. The number of sulfonamides is 1. The fourth-order valence-corrected chi connectivity index (χ4v) is 3.91. The number of fused-ring (bicyclic) bond motifs is 1. The molecule has 3 rings (SSSR count). The van der Waals surface area contributed by atoms with E-state index in [1.54, 1.807) is 4.90 Å². The Labute approximate surface area is 136 Å². The molecule has 0 bridgehead atoms. The maximum Gasteiger partial charge on any atom is 0.276 e. The number of aromatic nitrogens is 1. The molecule has 2 heterocycles. The van der Waals surface area contributed by atoms with Gasteiger partial charge in [-0.25, -0.2) is 13.1 Å². The molecule has 23 heavy (non-hydrogen) atoms. The number of hydrogen-bond donors (Lipinski definition) is 1. The van der Waals surface area contributed by atoms with Gasteiger partial charge in [-0.2, -0.15) is 0 Å². The number of rotatable bonds is 4. The second-order valence-electron chi connectivity index (χ2n) is 6.41. The standard InChI is InChI=1S/C15H23N3O4S/c1-23(20,21)16-10-11-6-4-5-9-18(11)15(19)14-12-7-2-3-8-13(12)22-17-14/h11,16H,2-10H2,1H3. The Hall–Kier alpha value is -1.41. The molecule has 1 aliphatic heterocycles. The fourth-order valence-electron chi connectivity index (χ4n) is 3.42. The summed E-state index contributed by atoms with van der Waals surface area (Å²) in [6.45, 7) is 0.890. The molecular formula is C15H23N3O4S. The molecule has 1 aromatic rings. The lowest BCUT2D eigenvalue weighted by Crippen LogP contribution is -2.49. The van der Waals surface area contributed by atoms with E-state index in [1.165, 1.54) is 0 Å². The molecule has 0 aromatic carbocycles. The molecule has 1 saturated heterocycles. The van der Waals surface area contributed by atoms with Gasteiger partial charge in [0.15, 0.2) is 5.69 Å². The third kappa shape index (κ3) is 3.74. The number of amides is 1. The summed E-state index contributed by atoms with van der Waals surface area (Å²) < 4.78 is 30.5. The van der Waals surface area contributed by atoms with Gasteiger partial charge in [-0.3, -0.25) is 4.79 Å². The molecule has 0 saturated carbocycles. The average molecular weight is 341 g/mol. The molecule has 0 radical (unpaired) electrons. The van der Waals surface area contributed by atoms with Crippen molar-refractivity contribution in [2.75, 3.05) is 19.3 Å². The summed E-state index contributed by atoms with van der Waals surface area (Å²) in [5.74, 6) is 0.708. The monoisotopic (exact) mass is 341 g/mol. The summed E-state index contributed by atoms with van der Waals surface area (Å²) in [5.41, 5.74) is 1.37. The molecule has 1 aliphatic carbocycles. The van der Waals surface area contributed by atoms with Gasteiger partial charge < -0.3 is 9.42 Å². The molecule has 0 spiro atoms. The maximum atomic E-state index is 12.9. The quantitative estimate of drug-likeness (QED) is 0.885. The van der Waals surface area contributed by atoms with Crippen molar-refractivity contribution < 1.29 is 17.7 Å². The number of carbonyl (C=O) groups is 1. The number of nitrogens with zero attached hydrogens (tertiary/aromatic N) is 2. The van der Waals surface area contributed by atoms with Crippen molar-refractivity contribution in [3.63, 3.8) is 0 Å². The van der Waals surface area contributed by atoms with E-state index < -0.39 is 10.0 Å². The van der Waals surface area contributed by atoms with E-state index in [2.05, 4.69) is 9.88 Å². The number of carbonyl (C=O) groups excluding carboxylic acids is 1. The van der Waals surface area contributed by atoms with Crippen molar-refractivity contribution in [1.29, 1.82) is 0 Å². The highest BCUT2D eigenvalue weighted by atomic mass is 32.2. The molecule has 1 unspecified atom stereocenters. The zero-order valence-corrected chi connectivity index (χ0v) is 14.2. The van der Waals surface area contributed by atoms with Gasteiger partial charge in [0.25, 0.3) is 5.91 Å². The van der Waals surface area contributed by atoms with Gasteiger partial charge in [-0.15, -0.1) is 0 Å². The minimum atomic E-state index is -3.26. The average Bonchev–Trinajstić information content (AvgIpc) is 2.96. The Kier molecular flexibility index (Phi) is 4.72. The number of hydrogen-bond acceptors (Lipinski definition) is 5. The van der Waals surface area contributed by atoms with Gasteiger partial charge >= 0.3 is 0 Å². The zero-order chi connectivity index (χ0) is 16.4. The highest BCUT2D eigenvalue weighted by Gasteiger charge is 2.32. The van der Waals surface area contributed by atoms with Crippen molar-refractivity contribution in [3.05, 3.63) is 17.0 Å². The van der Waals surface area contributed by atoms with Crippen LogP contribution in [0.3, 0.4) is 0 Å².